The van der Waals surface area contributed by atoms with Gasteiger partial charge < -0.3 is 25.7 Å². The number of unbranched alkanes of at least 4 members (excludes halogenated alkanes) is 48. The first kappa shape index (κ1) is 70.8. The van der Waals surface area contributed by atoms with Crippen LogP contribution in [0, 0.1) is 0 Å². The van der Waals surface area contributed by atoms with Crippen LogP contribution in [0.1, 0.15) is 361 Å². The summed E-state index contributed by atoms with van der Waals surface area (Å²) in [6, 6.07) is -1.00. The molecule has 0 saturated heterocycles. The molecule has 0 spiro atoms. The van der Waals surface area contributed by atoms with E-state index >= 15 is 0 Å². The van der Waals surface area contributed by atoms with Gasteiger partial charge in [0.1, 0.15) is 12.2 Å². The van der Waals surface area contributed by atoms with Crippen LogP contribution in [0.3, 0.4) is 0 Å². The number of hydrogen-bond donors (Lipinski definition) is 5. The van der Waals surface area contributed by atoms with Crippen LogP contribution >= 0.6 is 0 Å². The number of allylic oxidation sites excluding steroid dienone is 4. The van der Waals surface area contributed by atoms with Crippen molar-refractivity contribution in [2.75, 3.05) is 6.61 Å². The summed E-state index contributed by atoms with van der Waals surface area (Å²) in [6.45, 7) is 4.09. The summed E-state index contributed by atoms with van der Waals surface area (Å²) in [5, 5.41) is 44.1. The van der Waals surface area contributed by atoms with Crippen molar-refractivity contribution < 1.29 is 25.2 Å². The maximum Gasteiger partial charge on any atom is 0.249 e. The van der Waals surface area contributed by atoms with Gasteiger partial charge in [-0.15, -0.1) is 0 Å². The third-order valence-corrected chi connectivity index (χ3v) is 15.6. The minimum atomic E-state index is -1.28. The Morgan fingerprint density at radius 3 is 0.833 bits per heavy atom. The van der Waals surface area contributed by atoms with Crippen molar-refractivity contribution in [3.05, 3.63) is 24.3 Å². The van der Waals surface area contributed by atoms with Gasteiger partial charge in [0, 0.05) is 0 Å². The summed E-state index contributed by atoms with van der Waals surface area (Å²) in [4.78, 5) is 12.6. The zero-order valence-corrected chi connectivity index (χ0v) is 48.7. The van der Waals surface area contributed by atoms with Crippen molar-refractivity contribution in [1.29, 1.82) is 0 Å². The summed E-state index contributed by atoms with van der Waals surface area (Å²) >= 11 is 0. The van der Waals surface area contributed by atoms with Gasteiger partial charge in [0.15, 0.2) is 0 Å². The van der Waals surface area contributed by atoms with Gasteiger partial charge in [-0.05, 0) is 64.2 Å². The lowest BCUT2D eigenvalue weighted by atomic mass is 10.00. The molecule has 428 valence electrons. The largest absolute Gasteiger partial charge is 0.394 e. The zero-order valence-electron chi connectivity index (χ0n) is 48.7. The first-order valence-electron chi connectivity index (χ1n) is 32.7. The summed E-state index contributed by atoms with van der Waals surface area (Å²) in [6.07, 6.45) is 75.7. The Morgan fingerprint density at radius 1 is 0.333 bits per heavy atom. The number of amides is 1. The molecule has 0 aliphatic carbocycles. The van der Waals surface area contributed by atoms with Gasteiger partial charge >= 0.3 is 0 Å². The van der Waals surface area contributed by atoms with E-state index in [1.54, 1.807) is 0 Å². The molecule has 0 aromatic heterocycles. The standard InChI is InChI=1S/C66H129NO5/c1-3-5-7-9-11-13-15-17-19-21-23-25-27-29-31-32-33-34-36-37-39-41-43-45-47-49-51-53-55-57-59-63(69)65(71)62(61-68)67-66(72)64(70)60-58-56-54-52-50-48-46-44-42-40-38-35-30-28-26-24-22-20-18-16-14-12-10-8-6-4-2/h30,35,51,53,62-65,68-71H,3-29,31-34,36-50,52,54-61H2,1-2H3,(H,67,72)/b35-30-,53-51+. The van der Waals surface area contributed by atoms with E-state index in [-0.39, 0.29) is 0 Å². The summed E-state index contributed by atoms with van der Waals surface area (Å²) in [5.74, 6) is -0.589. The Hall–Kier alpha value is -1.21. The highest BCUT2D eigenvalue weighted by Gasteiger charge is 2.28. The van der Waals surface area contributed by atoms with Gasteiger partial charge in [-0.25, -0.2) is 0 Å². The quantitative estimate of drug-likeness (QED) is 0.0308. The molecule has 5 N–H and O–H groups in total. The maximum atomic E-state index is 12.6. The van der Waals surface area contributed by atoms with Crippen LogP contribution in [0.25, 0.3) is 0 Å². The molecule has 0 saturated carbocycles. The molecule has 4 atom stereocenters. The molecule has 0 aromatic rings. The van der Waals surface area contributed by atoms with Gasteiger partial charge in [-0.2, -0.15) is 0 Å². The van der Waals surface area contributed by atoms with Gasteiger partial charge in [0.2, 0.25) is 5.91 Å². The second kappa shape index (κ2) is 60.7. The van der Waals surface area contributed by atoms with Gasteiger partial charge in [0.05, 0.1) is 18.8 Å². The second-order valence-electron chi connectivity index (χ2n) is 22.8. The highest BCUT2D eigenvalue weighted by Crippen LogP contribution is 2.19. The molecule has 6 nitrogen and oxygen atoms in total. The third-order valence-electron chi connectivity index (χ3n) is 15.6. The molecule has 0 aliphatic rings. The van der Waals surface area contributed by atoms with Crippen LogP contribution < -0.4 is 5.32 Å². The van der Waals surface area contributed by atoms with Crippen molar-refractivity contribution in [3.63, 3.8) is 0 Å². The molecule has 0 bridgehead atoms. The first-order chi connectivity index (χ1) is 35.5. The number of aliphatic hydroxyl groups excluding tert-OH is 4. The SMILES string of the molecule is CCCCCCCCCCCCCC/C=C\CCCCCCCCCCCCC(O)C(=O)NC(CO)C(O)C(O)CCC/C=C/CCCCCCCCCCCCCCCCCCCCCCCCCCC. The first-order valence-corrected chi connectivity index (χ1v) is 32.7. The van der Waals surface area contributed by atoms with E-state index in [1.807, 2.05) is 0 Å². The van der Waals surface area contributed by atoms with Crippen LogP contribution in [-0.2, 0) is 4.79 Å². The van der Waals surface area contributed by atoms with Crippen LogP contribution in [0.2, 0.25) is 0 Å². The van der Waals surface area contributed by atoms with E-state index in [9.17, 15) is 25.2 Å². The van der Waals surface area contributed by atoms with Crippen molar-refractivity contribution in [1.82, 2.24) is 5.32 Å². The highest BCUT2D eigenvalue weighted by atomic mass is 16.3. The number of nitrogens with one attached hydrogen (secondary N) is 1. The molecule has 0 heterocycles. The molecular formula is C66H129NO5. The summed E-state index contributed by atoms with van der Waals surface area (Å²) < 4.78 is 0. The molecule has 0 rings (SSSR count). The lowest BCUT2D eigenvalue weighted by molar-refractivity contribution is -0.132. The van der Waals surface area contributed by atoms with E-state index in [1.165, 1.54) is 295 Å². The summed E-state index contributed by atoms with van der Waals surface area (Å²) in [5.41, 5.74) is 0. The van der Waals surface area contributed by atoms with E-state index in [2.05, 4.69) is 43.5 Å². The molecule has 0 radical (unpaired) electrons. The lowest BCUT2D eigenvalue weighted by Crippen LogP contribution is -2.53. The van der Waals surface area contributed by atoms with Crippen molar-refractivity contribution in [2.45, 2.75) is 385 Å². The van der Waals surface area contributed by atoms with Crippen molar-refractivity contribution in [3.8, 4) is 0 Å². The van der Waals surface area contributed by atoms with E-state index in [0.29, 0.717) is 12.8 Å². The Bertz CT molecular complexity index is 1100. The van der Waals surface area contributed by atoms with Crippen molar-refractivity contribution in [2.24, 2.45) is 0 Å². The molecule has 6 heteroatoms. The molecule has 0 fully saturated rings. The van der Waals surface area contributed by atoms with Crippen LogP contribution in [-0.4, -0.2) is 57.3 Å². The zero-order chi connectivity index (χ0) is 52.3. The highest BCUT2D eigenvalue weighted by molar-refractivity contribution is 5.80. The van der Waals surface area contributed by atoms with Gasteiger partial charge in [-0.3, -0.25) is 4.79 Å². The fourth-order valence-electron chi connectivity index (χ4n) is 10.5. The topological polar surface area (TPSA) is 110 Å². The number of rotatable bonds is 61. The van der Waals surface area contributed by atoms with E-state index in [4.69, 9.17) is 0 Å². The predicted molar refractivity (Wildman–Crippen MR) is 316 cm³/mol. The predicted octanol–water partition coefficient (Wildman–Crippen LogP) is 19.8. The normalized spacial score (nSPS) is 13.7. The second-order valence-corrected chi connectivity index (χ2v) is 22.8. The van der Waals surface area contributed by atoms with Gasteiger partial charge in [0.25, 0.3) is 0 Å². The van der Waals surface area contributed by atoms with Crippen molar-refractivity contribution >= 4 is 5.91 Å². The number of hydrogen-bond acceptors (Lipinski definition) is 5. The minimum absolute atomic E-state index is 0.364. The Balaban J connectivity index is 3.59. The van der Waals surface area contributed by atoms with E-state index in [0.717, 1.165) is 38.5 Å². The fraction of sp³-hybridized carbons (Fsp3) is 0.924. The van der Waals surface area contributed by atoms with E-state index < -0.39 is 36.9 Å². The lowest BCUT2D eigenvalue weighted by Gasteiger charge is -2.27. The Morgan fingerprint density at radius 2 is 0.569 bits per heavy atom. The Labute approximate surface area is 450 Å². The third kappa shape index (κ3) is 53.6. The van der Waals surface area contributed by atoms with Crippen LogP contribution in [0.15, 0.2) is 24.3 Å². The minimum Gasteiger partial charge on any atom is -0.394 e. The number of carbonyl (C=O) groups excluding carboxylic acids is 1. The van der Waals surface area contributed by atoms with Crippen LogP contribution in [0.4, 0.5) is 0 Å². The average molecular weight is 1020 g/mol. The summed E-state index contributed by atoms with van der Waals surface area (Å²) in [7, 11) is 0. The average Bonchev–Trinajstić information content (AvgIpc) is 3.39. The van der Waals surface area contributed by atoms with Gasteiger partial charge in [-0.1, -0.05) is 321 Å². The molecule has 4 unspecified atom stereocenters. The monoisotopic (exact) mass is 1020 g/mol. The molecule has 0 aliphatic heterocycles. The number of aliphatic hydroxyl groups is 4. The molecule has 1 amide bonds. The fourth-order valence-corrected chi connectivity index (χ4v) is 10.5. The maximum absolute atomic E-state index is 12.6. The van der Waals surface area contributed by atoms with Crippen LogP contribution in [0.5, 0.6) is 0 Å². The number of carbonyl (C=O) groups is 1. The smallest absolute Gasteiger partial charge is 0.249 e. The molecule has 0 aromatic carbocycles. The Kier molecular flexibility index (Phi) is 59.6. The molecular weight excluding hydrogens is 887 g/mol. The molecule has 72 heavy (non-hydrogen) atoms.